The van der Waals surface area contributed by atoms with E-state index < -0.39 is 0 Å². The first-order valence-corrected chi connectivity index (χ1v) is 13.9. The van der Waals surface area contributed by atoms with Crippen LogP contribution in [0.3, 0.4) is 0 Å². The number of aromatic nitrogens is 2. The third kappa shape index (κ3) is 8.35. The summed E-state index contributed by atoms with van der Waals surface area (Å²) >= 11 is 0. The lowest BCUT2D eigenvalue weighted by molar-refractivity contribution is 0.0623. The Labute approximate surface area is 222 Å². The number of H-pyrrole nitrogens is 1. The van der Waals surface area contributed by atoms with Crippen LogP contribution in [0.2, 0.25) is 0 Å². The van der Waals surface area contributed by atoms with Crippen molar-refractivity contribution in [3.63, 3.8) is 0 Å². The molecule has 8 nitrogen and oxygen atoms in total. The third-order valence-electron chi connectivity index (χ3n) is 7.13. The Hall–Kier alpha value is -2.81. The number of aliphatic imine (C=N–C) groups is 1. The molecule has 0 atom stereocenters. The maximum Gasteiger partial charge on any atom is 0.253 e. The topological polar surface area (TPSA) is 71.1 Å². The van der Waals surface area contributed by atoms with Gasteiger partial charge in [-0.15, -0.1) is 0 Å². The average Bonchev–Trinajstić information content (AvgIpc) is 3.63. The van der Waals surface area contributed by atoms with Gasteiger partial charge in [0.25, 0.3) is 5.91 Å². The van der Waals surface area contributed by atoms with Gasteiger partial charge in [0.1, 0.15) is 5.82 Å². The first kappa shape index (κ1) is 27.2. The van der Waals surface area contributed by atoms with E-state index in [1.54, 1.807) is 6.20 Å². The summed E-state index contributed by atoms with van der Waals surface area (Å²) in [6.45, 7) is 14.9. The lowest BCUT2D eigenvalue weighted by Crippen LogP contribution is -2.50. The Kier molecular flexibility index (Phi) is 10.5. The van der Waals surface area contributed by atoms with Crippen molar-refractivity contribution < 1.29 is 4.79 Å². The van der Waals surface area contributed by atoms with Crippen molar-refractivity contribution in [3.05, 3.63) is 65.9 Å². The average molecular weight is 506 g/mol. The maximum atomic E-state index is 13.2. The number of hydrogen-bond acceptors (Lipinski definition) is 6. The summed E-state index contributed by atoms with van der Waals surface area (Å²) in [5.74, 6) is 1.09. The number of nitrogens with zero attached hydrogens (tertiary/aromatic N) is 6. The molecule has 0 saturated carbocycles. The lowest BCUT2D eigenvalue weighted by Gasteiger charge is -2.36. The molecule has 8 heteroatoms. The molecule has 0 unspecified atom stereocenters. The minimum atomic E-state index is 0.142. The summed E-state index contributed by atoms with van der Waals surface area (Å²) in [7, 11) is 0. The van der Waals surface area contributed by atoms with E-state index in [1.165, 1.54) is 37.2 Å². The quantitative estimate of drug-likeness (QED) is 0.424. The first-order valence-electron chi connectivity index (χ1n) is 13.9. The molecule has 0 bridgehead atoms. The Bertz CT molecular complexity index is 1000. The number of imidazole rings is 1. The Balaban J connectivity index is 1.26. The van der Waals surface area contributed by atoms with Crippen LogP contribution in [0.5, 0.6) is 0 Å². The zero-order valence-electron chi connectivity index (χ0n) is 22.6. The highest BCUT2D eigenvalue weighted by atomic mass is 16.2. The molecule has 1 aromatic heterocycles. The van der Waals surface area contributed by atoms with E-state index in [4.69, 9.17) is 0 Å². The van der Waals surface area contributed by atoms with Crippen molar-refractivity contribution in [2.45, 2.75) is 46.2 Å². The molecule has 1 aromatic carbocycles. The number of rotatable bonds is 14. The fraction of sp³-hybridized carbons (Fsp3) is 0.552. The molecule has 1 saturated heterocycles. The molecule has 1 amide bonds. The molecule has 2 aliphatic heterocycles. The van der Waals surface area contributed by atoms with Gasteiger partial charge in [0.15, 0.2) is 0 Å². The smallest absolute Gasteiger partial charge is 0.253 e. The highest BCUT2D eigenvalue weighted by Gasteiger charge is 2.22. The van der Waals surface area contributed by atoms with Crippen LogP contribution in [0.15, 0.2) is 53.9 Å². The standard InChI is InChI=1S/C29H43N7O/c1-3-14-33(15-4-2)16-17-34-18-20-36(21-19-34)29(37)26-9-7-25(8-10-26)22-35(23-27-6-5-11-30-27)24-28-31-12-13-32-28/h5,7-13H,3-4,6,14-24H2,1-2H3,(H,31,32). The van der Waals surface area contributed by atoms with Gasteiger partial charge in [-0.2, -0.15) is 0 Å². The highest BCUT2D eigenvalue weighted by molar-refractivity contribution is 5.94. The normalized spacial score (nSPS) is 16.2. The minimum Gasteiger partial charge on any atom is -0.348 e. The van der Waals surface area contributed by atoms with Gasteiger partial charge in [0.2, 0.25) is 0 Å². The molecule has 2 aromatic rings. The number of nitrogens with one attached hydrogen (secondary N) is 1. The first-order chi connectivity index (χ1) is 18.1. The van der Waals surface area contributed by atoms with Gasteiger partial charge in [-0.3, -0.25) is 19.6 Å². The molecule has 0 spiro atoms. The summed E-state index contributed by atoms with van der Waals surface area (Å²) in [6, 6.07) is 8.14. The van der Waals surface area contributed by atoms with E-state index in [-0.39, 0.29) is 5.91 Å². The summed E-state index contributed by atoms with van der Waals surface area (Å²) < 4.78 is 0. The van der Waals surface area contributed by atoms with Crippen molar-refractivity contribution in [2.75, 3.05) is 58.9 Å². The Morgan fingerprint density at radius 2 is 1.70 bits per heavy atom. The van der Waals surface area contributed by atoms with Crippen molar-refractivity contribution in [1.82, 2.24) is 29.6 Å². The van der Waals surface area contributed by atoms with Gasteiger partial charge in [-0.25, -0.2) is 4.98 Å². The molecule has 2 aliphatic rings. The van der Waals surface area contributed by atoms with Gasteiger partial charge in [-0.05, 0) is 43.6 Å². The molecular formula is C29H43N7O. The number of benzene rings is 1. The van der Waals surface area contributed by atoms with Gasteiger partial charge in [0, 0.05) is 88.6 Å². The van der Waals surface area contributed by atoms with Gasteiger partial charge >= 0.3 is 0 Å². The number of carbonyl (C=O) groups is 1. The molecule has 3 heterocycles. The number of allylic oxidation sites excluding steroid dienone is 1. The second kappa shape index (κ2) is 14.2. The van der Waals surface area contributed by atoms with Crippen LogP contribution >= 0.6 is 0 Å². The van der Waals surface area contributed by atoms with Crippen LogP contribution in [0.25, 0.3) is 0 Å². The Morgan fingerprint density at radius 3 is 2.32 bits per heavy atom. The van der Waals surface area contributed by atoms with E-state index in [0.29, 0.717) is 0 Å². The van der Waals surface area contributed by atoms with E-state index in [9.17, 15) is 4.79 Å². The Morgan fingerprint density at radius 1 is 0.946 bits per heavy atom. The van der Waals surface area contributed by atoms with Gasteiger partial charge in [0.05, 0.1) is 6.54 Å². The minimum absolute atomic E-state index is 0.142. The molecule has 1 N–H and O–H groups in total. The van der Waals surface area contributed by atoms with Gasteiger partial charge < -0.3 is 14.8 Å². The molecular weight excluding hydrogens is 462 g/mol. The number of carbonyl (C=O) groups excluding carboxylic acids is 1. The number of amides is 1. The summed E-state index contributed by atoms with van der Waals surface area (Å²) in [6.07, 6.45) is 10.9. The van der Waals surface area contributed by atoms with E-state index in [2.05, 4.69) is 61.7 Å². The molecule has 4 rings (SSSR count). The van der Waals surface area contributed by atoms with Crippen LogP contribution in [0, 0.1) is 0 Å². The maximum absolute atomic E-state index is 13.2. The predicted octanol–water partition coefficient (Wildman–Crippen LogP) is 3.65. The summed E-state index contributed by atoms with van der Waals surface area (Å²) in [4.78, 5) is 34.7. The second-order valence-electron chi connectivity index (χ2n) is 10.1. The van der Waals surface area contributed by atoms with Crippen LogP contribution in [0.1, 0.15) is 54.9 Å². The molecule has 0 radical (unpaired) electrons. The number of hydrogen-bond donors (Lipinski definition) is 1. The van der Waals surface area contributed by atoms with Crippen LogP contribution in [-0.2, 0) is 13.1 Å². The van der Waals surface area contributed by atoms with Crippen molar-refractivity contribution in [2.24, 2.45) is 4.99 Å². The fourth-order valence-electron chi connectivity index (χ4n) is 5.15. The third-order valence-corrected chi connectivity index (χ3v) is 7.13. The molecule has 37 heavy (non-hydrogen) atoms. The zero-order valence-corrected chi connectivity index (χ0v) is 22.6. The van der Waals surface area contributed by atoms with E-state index in [0.717, 1.165) is 76.7 Å². The molecule has 0 aliphatic carbocycles. The molecule has 200 valence electrons. The SMILES string of the molecule is CCCN(CCC)CCN1CCN(C(=O)c2ccc(CN(CC3=NC=CC3)Cc3ncc[nH]3)cc2)CC1. The fourth-order valence-corrected chi connectivity index (χ4v) is 5.15. The van der Waals surface area contributed by atoms with Gasteiger partial charge in [-0.1, -0.05) is 32.1 Å². The van der Waals surface area contributed by atoms with Crippen molar-refractivity contribution >= 4 is 11.6 Å². The largest absolute Gasteiger partial charge is 0.348 e. The summed E-state index contributed by atoms with van der Waals surface area (Å²) in [5, 5.41) is 0. The second-order valence-corrected chi connectivity index (χ2v) is 10.1. The van der Waals surface area contributed by atoms with E-state index in [1.807, 2.05) is 29.4 Å². The van der Waals surface area contributed by atoms with E-state index >= 15 is 0 Å². The van der Waals surface area contributed by atoms with Crippen molar-refractivity contribution in [1.29, 1.82) is 0 Å². The summed E-state index contributed by atoms with van der Waals surface area (Å²) in [5.41, 5.74) is 3.13. The molecule has 1 fully saturated rings. The van der Waals surface area contributed by atoms with Crippen LogP contribution in [-0.4, -0.2) is 100 Å². The lowest BCUT2D eigenvalue weighted by atomic mass is 10.1. The number of piperazine rings is 1. The van der Waals surface area contributed by atoms with Crippen LogP contribution in [0.4, 0.5) is 0 Å². The predicted molar refractivity (Wildman–Crippen MR) is 150 cm³/mol. The zero-order chi connectivity index (χ0) is 25.9. The monoisotopic (exact) mass is 505 g/mol. The van der Waals surface area contributed by atoms with Crippen LogP contribution < -0.4 is 0 Å². The number of aromatic amines is 1. The highest BCUT2D eigenvalue weighted by Crippen LogP contribution is 2.14. The van der Waals surface area contributed by atoms with Crippen molar-refractivity contribution in [3.8, 4) is 0 Å².